The Labute approximate surface area is 153 Å². The third-order valence-corrected chi connectivity index (χ3v) is 6.65. The monoisotopic (exact) mass is 381 g/mol. The van der Waals surface area contributed by atoms with Crippen molar-refractivity contribution in [3.05, 3.63) is 29.3 Å². The van der Waals surface area contributed by atoms with E-state index < -0.39 is 15.9 Å². The van der Waals surface area contributed by atoms with E-state index >= 15 is 0 Å². The predicted molar refractivity (Wildman–Crippen MR) is 94.5 cm³/mol. The van der Waals surface area contributed by atoms with Crippen LogP contribution in [0.2, 0.25) is 0 Å². The smallest absolute Gasteiger partial charge is 0.269 e. The van der Waals surface area contributed by atoms with Gasteiger partial charge in [0.05, 0.1) is 18.7 Å². The molecule has 2 aliphatic heterocycles. The number of carbonyl (C=O) groups excluding carboxylic acids is 2. The van der Waals surface area contributed by atoms with Gasteiger partial charge in [-0.3, -0.25) is 9.59 Å². The van der Waals surface area contributed by atoms with E-state index in [9.17, 15) is 18.0 Å². The number of ether oxygens (including phenoxy) is 1. The van der Waals surface area contributed by atoms with Crippen LogP contribution in [0.15, 0.2) is 23.1 Å². The molecule has 1 unspecified atom stereocenters. The number of nitrogens with one attached hydrogen (secondary N) is 1. The first-order valence-corrected chi connectivity index (χ1v) is 10.0. The Morgan fingerprint density at radius 2 is 2.15 bits per heavy atom. The fourth-order valence-corrected chi connectivity index (χ4v) is 5.10. The number of fused-ring (bicyclic) bond motifs is 1. The van der Waals surface area contributed by atoms with E-state index in [4.69, 9.17) is 4.74 Å². The van der Waals surface area contributed by atoms with E-state index in [0.29, 0.717) is 13.1 Å². The zero-order valence-corrected chi connectivity index (χ0v) is 15.7. The quantitative estimate of drug-likeness (QED) is 0.762. The highest BCUT2D eigenvalue weighted by molar-refractivity contribution is 7.90. The summed E-state index contributed by atoms with van der Waals surface area (Å²) in [6, 6.07) is 4.38. The first-order chi connectivity index (χ1) is 12.4. The Kier molecular flexibility index (Phi) is 5.31. The van der Waals surface area contributed by atoms with Gasteiger partial charge in [0.15, 0.2) is 0 Å². The molecule has 0 aromatic heterocycles. The van der Waals surface area contributed by atoms with Crippen molar-refractivity contribution in [3.8, 4) is 0 Å². The van der Waals surface area contributed by atoms with Gasteiger partial charge in [-0.15, -0.1) is 0 Å². The number of methoxy groups -OCH3 is 1. The minimum atomic E-state index is -3.95. The summed E-state index contributed by atoms with van der Waals surface area (Å²) in [5.41, 5.74) is 0.391. The number of nitrogens with zero attached hydrogens (tertiary/aromatic N) is 2. The molecule has 142 valence electrons. The summed E-state index contributed by atoms with van der Waals surface area (Å²) in [6.45, 7) is 1.41. The molecule has 8 nitrogen and oxygen atoms in total. The van der Waals surface area contributed by atoms with Gasteiger partial charge in [-0.25, -0.2) is 12.7 Å². The molecule has 1 aromatic carbocycles. The lowest BCUT2D eigenvalue weighted by atomic mass is 10.1. The van der Waals surface area contributed by atoms with Crippen molar-refractivity contribution in [3.63, 3.8) is 0 Å². The van der Waals surface area contributed by atoms with E-state index in [-0.39, 0.29) is 41.1 Å². The second kappa shape index (κ2) is 7.34. The Morgan fingerprint density at radius 3 is 2.85 bits per heavy atom. The average molecular weight is 381 g/mol. The van der Waals surface area contributed by atoms with Crippen molar-refractivity contribution < 1.29 is 22.7 Å². The van der Waals surface area contributed by atoms with Gasteiger partial charge in [0.2, 0.25) is 0 Å². The van der Waals surface area contributed by atoms with Crippen LogP contribution in [-0.4, -0.2) is 75.9 Å². The lowest BCUT2D eigenvalue weighted by Crippen LogP contribution is -2.40. The maximum Gasteiger partial charge on any atom is 0.269 e. The number of hydrogen-bond acceptors (Lipinski definition) is 6. The third kappa shape index (κ3) is 3.10. The zero-order chi connectivity index (χ0) is 18.9. The van der Waals surface area contributed by atoms with Crippen LogP contribution < -0.4 is 5.32 Å². The molecule has 9 heteroatoms. The molecular weight excluding hydrogens is 358 g/mol. The number of rotatable bonds is 6. The highest BCUT2D eigenvalue weighted by Crippen LogP contribution is 2.31. The van der Waals surface area contributed by atoms with Gasteiger partial charge in [0.25, 0.3) is 21.8 Å². The molecule has 3 rings (SSSR count). The topological polar surface area (TPSA) is 96.0 Å². The third-order valence-electron chi connectivity index (χ3n) is 4.83. The second-order valence-electron chi connectivity index (χ2n) is 6.44. The molecule has 0 aliphatic carbocycles. The summed E-state index contributed by atoms with van der Waals surface area (Å²) in [6.07, 6.45) is 1.84. The number of benzene rings is 1. The summed E-state index contributed by atoms with van der Waals surface area (Å²) in [7, 11) is -0.675. The fraction of sp³-hybridized carbons (Fsp3) is 0.529. The van der Waals surface area contributed by atoms with Crippen LogP contribution in [0.3, 0.4) is 0 Å². The van der Waals surface area contributed by atoms with Gasteiger partial charge in [0.1, 0.15) is 4.90 Å². The number of likely N-dealkylation sites (N-methyl/N-ethyl adjacent to an activating group) is 1. The van der Waals surface area contributed by atoms with Gasteiger partial charge in [-0.05, 0) is 38.1 Å². The molecule has 0 bridgehead atoms. The summed E-state index contributed by atoms with van der Waals surface area (Å²) in [5, 5.41) is 3.08. The van der Waals surface area contributed by atoms with Crippen LogP contribution in [0.4, 0.5) is 0 Å². The van der Waals surface area contributed by atoms with Crippen molar-refractivity contribution in [1.82, 2.24) is 14.5 Å². The maximum absolute atomic E-state index is 12.9. The van der Waals surface area contributed by atoms with Crippen LogP contribution in [0.25, 0.3) is 0 Å². The van der Waals surface area contributed by atoms with E-state index in [1.54, 1.807) is 4.90 Å². The standard InChI is InChI=1S/C17H23N3O5S/c1-18-11-13-4-3-7-19(13)16(21)12-5-6-14-15(10-12)26(23,24)20(17(14)22)8-9-25-2/h5-6,10,13,18H,3-4,7-9,11H2,1-2H3. The Hall–Kier alpha value is -1.97. The summed E-state index contributed by atoms with van der Waals surface area (Å²) in [5.74, 6) is -0.783. The molecule has 26 heavy (non-hydrogen) atoms. The van der Waals surface area contributed by atoms with E-state index in [2.05, 4.69) is 5.32 Å². The first kappa shape index (κ1) is 18.8. The first-order valence-electron chi connectivity index (χ1n) is 8.57. The SMILES string of the molecule is CNCC1CCCN1C(=O)c1ccc2c(c1)S(=O)(=O)N(CCOC)C2=O. The fourth-order valence-electron chi connectivity index (χ4n) is 3.52. The van der Waals surface area contributed by atoms with E-state index in [0.717, 1.165) is 17.1 Å². The van der Waals surface area contributed by atoms with Crippen molar-refractivity contribution in [2.75, 3.05) is 40.4 Å². The van der Waals surface area contributed by atoms with Crippen LogP contribution in [0.1, 0.15) is 33.6 Å². The van der Waals surface area contributed by atoms with Crippen molar-refractivity contribution >= 4 is 21.8 Å². The molecule has 1 atom stereocenters. The molecule has 2 amide bonds. The van der Waals surface area contributed by atoms with E-state index in [1.807, 2.05) is 7.05 Å². The number of sulfonamides is 1. The highest BCUT2D eigenvalue weighted by atomic mass is 32.2. The van der Waals surface area contributed by atoms with Gasteiger partial charge >= 0.3 is 0 Å². The maximum atomic E-state index is 12.9. The van der Waals surface area contributed by atoms with Crippen LogP contribution in [0.5, 0.6) is 0 Å². The minimum absolute atomic E-state index is 0.0496. The minimum Gasteiger partial charge on any atom is -0.383 e. The molecule has 0 saturated carbocycles. The molecule has 1 N–H and O–H groups in total. The van der Waals surface area contributed by atoms with Crippen LogP contribution >= 0.6 is 0 Å². The Bertz CT molecular complexity index is 824. The predicted octanol–water partition coefficient (Wildman–Crippen LogP) is 0.302. The Balaban J connectivity index is 1.91. The van der Waals surface area contributed by atoms with Crippen LogP contribution in [-0.2, 0) is 14.8 Å². The number of amides is 2. The van der Waals surface area contributed by atoms with Crippen LogP contribution in [0, 0.1) is 0 Å². The van der Waals surface area contributed by atoms with Crippen molar-refractivity contribution in [1.29, 1.82) is 0 Å². The molecule has 2 aliphatic rings. The van der Waals surface area contributed by atoms with Gasteiger partial charge in [-0.1, -0.05) is 0 Å². The molecular formula is C17H23N3O5S. The normalized spacial score (nSPS) is 21.3. The molecule has 1 saturated heterocycles. The second-order valence-corrected chi connectivity index (χ2v) is 8.27. The largest absolute Gasteiger partial charge is 0.383 e. The molecule has 0 radical (unpaired) electrons. The van der Waals surface area contributed by atoms with Gasteiger partial charge < -0.3 is 15.0 Å². The van der Waals surface area contributed by atoms with Crippen molar-refractivity contribution in [2.24, 2.45) is 0 Å². The molecule has 1 fully saturated rings. The van der Waals surface area contributed by atoms with Gasteiger partial charge in [-0.2, -0.15) is 0 Å². The summed E-state index contributed by atoms with van der Waals surface area (Å²) >= 11 is 0. The highest BCUT2D eigenvalue weighted by Gasteiger charge is 2.41. The van der Waals surface area contributed by atoms with Crippen molar-refractivity contribution in [2.45, 2.75) is 23.8 Å². The zero-order valence-electron chi connectivity index (χ0n) is 14.9. The number of likely N-dealkylation sites (tertiary alicyclic amines) is 1. The lowest BCUT2D eigenvalue weighted by Gasteiger charge is -2.24. The molecule has 1 aromatic rings. The summed E-state index contributed by atoms with van der Waals surface area (Å²) < 4.78 is 31.0. The molecule has 0 spiro atoms. The Morgan fingerprint density at radius 1 is 1.38 bits per heavy atom. The number of carbonyl (C=O) groups is 2. The number of hydrogen-bond donors (Lipinski definition) is 1. The lowest BCUT2D eigenvalue weighted by molar-refractivity contribution is 0.0735. The van der Waals surface area contributed by atoms with Gasteiger partial charge in [0, 0.05) is 31.8 Å². The average Bonchev–Trinajstić information content (AvgIpc) is 3.15. The molecule has 2 heterocycles. The van der Waals surface area contributed by atoms with E-state index in [1.165, 1.54) is 25.3 Å². The summed E-state index contributed by atoms with van der Waals surface area (Å²) in [4.78, 5) is 26.9.